The quantitative estimate of drug-likeness (QED) is 0.850. The highest BCUT2D eigenvalue weighted by atomic mass is 32.2. The SMILES string of the molecule is Cc1ccc(NC(=O)[C@H](C)Sc2nnc(C)n2C2CC2)cc1F. The lowest BCUT2D eigenvalue weighted by Gasteiger charge is -2.13. The molecule has 0 unspecified atom stereocenters. The molecule has 1 aliphatic carbocycles. The Bertz CT molecular complexity index is 742. The second kappa shape index (κ2) is 6.31. The van der Waals surface area contributed by atoms with Crippen molar-refractivity contribution in [1.29, 1.82) is 0 Å². The minimum absolute atomic E-state index is 0.179. The number of aromatic nitrogens is 3. The molecule has 1 saturated carbocycles. The molecule has 0 spiro atoms. The van der Waals surface area contributed by atoms with Crippen LogP contribution < -0.4 is 5.32 Å². The van der Waals surface area contributed by atoms with Crippen LogP contribution in [-0.4, -0.2) is 25.9 Å². The van der Waals surface area contributed by atoms with E-state index in [1.165, 1.54) is 17.8 Å². The van der Waals surface area contributed by atoms with Gasteiger partial charge in [-0.2, -0.15) is 0 Å². The van der Waals surface area contributed by atoms with Crippen LogP contribution in [0.25, 0.3) is 0 Å². The van der Waals surface area contributed by atoms with Crippen LogP contribution in [0.5, 0.6) is 0 Å². The molecule has 1 amide bonds. The van der Waals surface area contributed by atoms with E-state index in [1.807, 2.05) is 13.8 Å². The van der Waals surface area contributed by atoms with Gasteiger partial charge in [-0.3, -0.25) is 4.79 Å². The van der Waals surface area contributed by atoms with Crippen molar-refractivity contribution in [2.24, 2.45) is 0 Å². The lowest BCUT2D eigenvalue weighted by molar-refractivity contribution is -0.115. The lowest BCUT2D eigenvalue weighted by Crippen LogP contribution is -2.23. The van der Waals surface area contributed by atoms with Gasteiger partial charge in [-0.05, 0) is 51.3 Å². The van der Waals surface area contributed by atoms with Crippen LogP contribution in [0, 0.1) is 19.7 Å². The zero-order chi connectivity index (χ0) is 16.6. The summed E-state index contributed by atoms with van der Waals surface area (Å²) in [5.74, 6) is 0.372. The second-order valence-electron chi connectivity index (χ2n) is 5.84. The average molecular weight is 334 g/mol. The van der Waals surface area contributed by atoms with E-state index in [2.05, 4.69) is 20.1 Å². The summed E-state index contributed by atoms with van der Waals surface area (Å²) < 4.78 is 15.6. The van der Waals surface area contributed by atoms with Crippen molar-refractivity contribution in [3.63, 3.8) is 0 Å². The lowest BCUT2D eigenvalue weighted by atomic mass is 10.2. The standard InChI is InChI=1S/C16H19FN4OS/c1-9-4-5-12(8-14(9)17)18-15(22)10(2)23-16-20-19-11(3)21(16)13-6-7-13/h4-5,8,10,13H,6-7H2,1-3H3,(H,18,22)/t10-/m0/s1. The topological polar surface area (TPSA) is 59.8 Å². The van der Waals surface area contributed by atoms with Crippen molar-refractivity contribution in [2.75, 3.05) is 5.32 Å². The van der Waals surface area contributed by atoms with Crippen LogP contribution in [0.15, 0.2) is 23.4 Å². The highest BCUT2D eigenvalue weighted by molar-refractivity contribution is 8.00. The minimum Gasteiger partial charge on any atom is -0.325 e. The molecule has 0 radical (unpaired) electrons. The van der Waals surface area contributed by atoms with Gasteiger partial charge >= 0.3 is 0 Å². The molecule has 3 rings (SSSR count). The normalized spacial score (nSPS) is 15.5. The molecular weight excluding hydrogens is 315 g/mol. The molecule has 1 atom stereocenters. The van der Waals surface area contributed by atoms with Gasteiger partial charge in [0.25, 0.3) is 0 Å². The Kier molecular flexibility index (Phi) is 4.39. The fourth-order valence-corrected chi connectivity index (χ4v) is 3.27. The van der Waals surface area contributed by atoms with E-state index in [0.717, 1.165) is 23.8 Å². The Labute approximate surface area is 138 Å². The fraction of sp³-hybridized carbons (Fsp3) is 0.438. The first-order valence-corrected chi connectivity index (χ1v) is 8.49. The van der Waals surface area contributed by atoms with E-state index in [1.54, 1.807) is 19.1 Å². The summed E-state index contributed by atoms with van der Waals surface area (Å²) in [5, 5.41) is 11.4. The summed E-state index contributed by atoms with van der Waals surface area (Å²) in [6, 6.07) is 5.15. The number of amides is 1. The number of carbonyl (C=O) groups is 1. The number of hydrogen-bond acceptors (Lipinski definition) is 4. The first-order chi connectivity index (χ1) is 11.0. The van der Waals surface area contributed by atoms with E-state index >= 15 is 0 Å². The number of anilines is 1. The Morgan fingerprint density at radius 2 is 2.13 bits per heavy atom. The van der Waals surface area contributed by atoms with Crippen LogP contribution in [0.4, 0.5) is 10.1 Å². The molecule has 0 aliphatic heterocycles. The molecule has 1 heterocycles. The van der Waals surface area contributed by atoms with Crippen LogP contribution >= 0.6 is 11.8 Å². The summed E-state index contributed by atoms with van der Waals surface area (Å²) in [6.45, 7) is 5.42. The highest BCUT2D eigenvalue weighted by Gasteiger charge is 2.29. The molecule has 1 aliphatic rings. The van der Waals surface area contributed by atoms with Crippen LogP contribution in [0.1, 0.15) is 37.2 Å². The van der Waals surface area contributed by atoms with Crippen molar-refractivity contribution in [2.45, 2.75) is 50.1 Å². The molecule has 1 fully saturated rings. The van der Waals surface area contributed by atoms with Crippen LogP contribution in [-0.2, 0) is 4.79 Å². The van der Waals surface area contributed by atoms with Gasteiger partial charge in [0.1, 0.15) is 11.6 Å². The maximum atomic E-state index is 13.6. The highest BCUT2D eigenvalue weighted by Crippen LogP contribution is 2.39. The maximum absolute atomic E-state index is 13.6. The number of benzene rings is 1. The van der Waals surface area contributed by atoms with Gasteiger partial charge < -0.3 is 9.88 Å². The smallest absolute Gasteiger partial charge is 0.237 e. The van der Waals surface area contributed by atoms with Crippen LogP contribution in [0.3, 0.4) is 0 Å². The van der Waals surface area contributed by atoms with Crippen molar-refractivity contribution in [3.8, 4) is 0 Å². The van der Waals surface area contributed by atoms with Crippen molar-refractivity contribution in [1.82, 2.24) is 14.8 Å². The number of rotatable bonds is 5. The number of nitrogens with zero attached hydrogens (tertiary/aromatic N) is 3. The van der Waals surface area contributed by atoms with E-state index in [4.69, 9.17) is 0 Å². The summed E-state index contributed by atoms with van der Waals surface area (Å²) in [7, 11) is 0. The molecule has 0 saturated heterocycles. The van der Waals surface area contributed by atoms with E-state index < -0.39 is 0 Å². The summed E-state index contributed by atoms with van der Waals surface area (Å²) >= 11 is 1.38. The number of aryl methyl sites for hydroxylation is 2. The molecule has 122 valence electrons. The Morgan fingerprint density at radius 3 is 2.78 bits per heavy atom. The predicted octanol–water partition coefficient (Wildman–Crippen LogP) is 3.49. The zero-order valence-corrected chi connectivity index (χ0v) is 14.2. The van der Waals surface area contributed by atoms with Gasteiger partial charge in [0.2, 0.25) is 5.91 Å². The minimum atomic E-state index is -0.347. The first-order valence-electron chi connectivity index (χ1n) is 7.61. The number of halogens is 1. The molecule has 5 nitrogen and oxygen atoms in total. The number of carbonyl (C=O) groups excluding carboxylic acids is 1. The predicted molar refractivity (Wildman–Crippen MR) is 88.1 cm³/mol. The number of nitrogens with one attached hydrogen (secondary N) is 1. The Hall–Kier alpha value is -1.89. The molecule has 0 bridgehead atoms. The fourth-order valence-electron chi connectivity index (χ4n) is 2.31. The third-order valence-corrected chi connectivity index (χ3v) is 4.89. The third kappa shape index (κ3) is 3.55. The summed E-state index contributed by atoms with van der Waals surface area (Å²) in [4.78, 5) is 12.3. The molecule has 1 aromatic heterocycles. The van der Waals surface area contributed by atoms with Gasteiger partial charge in [-0.25, -0.2) is 4.39 Å². The second-order valence-corrected chi connectivity index (χ2v) is 7.15. The van der Waals surface area contributed by atoms with Gasteiger partial charge in [0, 0.05) is 11.7 Å². The molecular formula is C16H19FN4OS. The van der Waals surface area contributed by atoms with Crippen molar-refractivity contribution in [3.05, 3.63) is 35.4 Å². The molecule has 1 aromatic carbocycles. The van der Waals surface area contributed by atoms with Gasteiger partial charge in [0.05, 0.1) is 5.25 Å². The van der Waals surface area contributed by atoms with E-state index in [0.29, 0.717) is 17.3 Å². The average Bonchev–Trinajstić information content (AvgIpc) is 3.27. The summed E-state index contributed by atoms with van der Waals surface area (Å²) in [6.07, 6.45) is 2.27. The Balaban J connectivity index is 1.67. The number of thioether (sulfide) groups is 1. The Morgan fingerprint density at radius 1 is 1.39 bits per heavy atom. The van der Waals surface area contributed by atoms with Crippen molar-refractivity contribution < 1.29 is 9.18 Å². The zero-order valence-electron chi connectivity index (χ0n) is 13.3. The summed E-state index contributed by atoms with van der Waals surface area (Å²) in [5.41, 5.74) is 1.02. The van der Waals surface area contributed by atoms with Gasteiger partial charge in [-0.1, -0.05) is 17.8 Å². The monoisotopic (exact) mass is 334 g/mol. The van der Waals surface area contributed by atoms with Crippen molar-refractivity contribution >= 4 is 23.4 Å². The van der Waals surface area contributed by atoms with E-state index in [-0.39, 0.29) is 17.0 Å². The molecule has 2 aromatic rings. The van der Waals surface area contributed by atoms with Gasteiger partial charge in [0.15, 0.2) is 5.16 Å². The van der Waals surface area contributed by atoms with Crippen LogP contribution in [0.2, 0.25) is 0 Å². The molecule has 7 heteroatoms. The molecule has 23 heavy (non-hydrogen) atoms. The maximum Gasteiger partial charge on any atom is 0.237 e. The largest absolute Gasteiger partial charge is 0.325 e. The molecule has 1 N–H and O–H groups in total. The number of hydrogen-bond donors (Lipinski definition) is 1. The first kappa shape index (κ1) is 16.0. The van der Waals surface area contributed by atoms with Gasteiger partial charge in [-0.15, -0.1) is 10.2 Å². The third-order valence-electron chi connectivity index (χ3n) is 3.84. The van der Waals surface area contributed by atoms with E-state index in [9.17, 15) is 9.18 Å².